The molecular weight excluding hydrogens is 305 g/mol. The van der Waals surface area contributed by atoms with E-state index in [9.17, 15) is 9.18 Å². The molecule has 0 aliphatic heterocycles. The number of rotatable bonds is 4. The largest absolute Gasteiger partial charge is 0.368 e. The Morgan fingerprint density at radius 1 is 1.55 bits per heavy atom. The Labute approximate surface area is 123 Å². The Morgan fingerprint density at radius 2 is 2.30 bits per heavy atom. The van der Waals surface area contributed by atoms with E-state index in [2.05, 4.69) is 15.5 Å². The number of nitrogen functional groups attached to an aromatic ring is 1. The van der Waals surface area contributed by atoms with E-state index in [4.69, 9.17) is 17.3 Å². The van der Waals surface area contributed by atoms with Gasteiger partial charge in [-0.3, -0.25) is 9.36 Å². The lowest BCUT2D eigenvalue weighted by Gasteiger charge is -2.06. The molecule has 1 aromatic carbocycles. The molecule has 2 aromatic rings. The number of nitrogens with zero attached hydrogens (tertiary/aromatic N) is 3. The molecule has 0 saturated heterocycles. The smallest absolute Gasteiger partial charge is 0.234 e. The number of anilines is 2. The van der Waals surface area contributed by atoms with E-state index >= 15 is 0 Å². The molecule has 0 aliphatic carbocycles. The first-order valence-electron chi connectivity index (χ1n) is 5.50. The fourth-order valence-corrected chi connectivity index (χ4v) is 2.24. The van der Waals surface area contributed by atoms with E-state index in [-0.39, 0.29) is 28.3 Å². The van der Waals surface area contributed by atoms with Gasteiger partial charge in [-0.2, -0.15) is 0 Å². The molecule has 2 rings (SSSR count). The molecule has 3 N–H and O–H groups in total. The molecule has 0 spiro atoms. The number of nitrogens with one attached hydrogen (secondary N) is 1. The van der Waals surface area contributed by atoms with Crippen LogP contribution < -0.4 is 11.1 Å². The van der Waals surface area contributed by atoms with Crippen LogP contribution in [0.25, 0.3) is 0 Å². The fourth-order valence-electron chi connectivity index (χ4n) is 1.36. The van der Waals surface area contributed by atoms with Gasteiger partial charge in [0.1, 0.15) is 5.82 Å². The molecule has 20 heavy (non-hydrogen) atoms. The third-order valence-electron chi connectivity index (χ3n) is 2.41. The van der Waals surface area contributed by atoms with E-state index < -0.39 is 5.82 Å². The molecule has 9 heteroatoms. The zero-order chi connectivity index (χ0) is 14.7. The number of nitrogens with two attached hydrogens (primary N) is 1. The van der Waals surface area contributed by atoms with Crippen LogP contribution in [0, 0.1) is 5.82 Å². The molecule has 1 heterocycles. The highest BCUT2D eigenvalue weighted by molar-refractivity contribution is 7.99. The first kappa shape index (κ1) is 14.6. The van der Waals surface area contributed by atoms with Crippen LogP contribution in [0.15, 0.2) is 23.4 Å². The number of benzene rings is 1. The van der Waals surface area contributed by atoms with Gasteiger partial charge >= 0.3 is 0 Å². The van der Waals surface area contributed by atoms with E-state index in [1.54, 1.807) is 11.6 Å². The minimum atomic E-state index is -0.584. The predicted molar refractivity (Wildman–Crippen MR) is 76.2 cm³/mol. The summed E-state index contributed by atoms with van der Waals surface area (Å²) in [6, 6.07) is 4.03. The zero-order valence-electron chi connectivity index (χ0n) is 10.4. The highest BCUT2D eigenvalue weighted by Gasteiger charge is 2.11. The topological polar surface area (TPSA) is 85.8 Å². The van der Waals surface area contributed by atoms with Crippen molar-refractivity contribution >= 4 is 40.9 Å². The Kier molecular flexibility index (Phi) is 4.46. The Bertz CT molecular complexity index is 648. The Morgan fingerprint density at radius 3 is 2.90 bits per heavy atom. The number of hydrogen-bond donors (Lipinski definition) is 2. The van der Waals surface area contributed by atoms with Crippen molar-refractivity contribution in [2.75, 3.05) is 16.8 Å². The van der Waals surface area contributed by atoms with Crippen LogP contribution in [0.2, 0.25) is 5.02 Å². The maximum Gasteiger partial charge on any atom is 0.234 e. The lowest BCUT2D eigenvalue weighted by Crippen LogP contribution is -2.15. The molecule has 0 radical (unpaired) electrons. The van der Waals surface area contributed by atoms with Crippen molar-refractivity contribution < 1.29 is 9.18 Å². The normalized spacial score (nSPS) is 10.6. The summed E-state index contributed by atoms with van der Waals surface area (Å²) < 4.78 is 15.0. The van der Waals surface area contributed by atoms with Crippen LogP contribution in [-0.4, -0.2) is 26.4 Å². The molecule has 0 unspecified atom stereocenters. The molecule has 1 aromatic heterocycles. The third kappa shape index (κ3) is 3.40. The van der Waals surface area contributed by atoms with Crippen LogP contribution in [0.3, 0.4) is 0 Å². The Hall–Kier alpha value is -1.80. The first-order chi connectivity index (χ1) is 9.47. The average molecular weight is 316 g/mol. The summed E-state index contributed by atoms with van der Waals surface area (Å²) in [5, 5.41) is 10.7. The minimum Gasteiger partial charge on any atom is -0.368 e. The summed E-state index contributed by atoms with van der Waals surface area (Å²) in [7, 11) is 1.69. The number of aromatic nitrogens is 3. The number of carbonyl (C=O) groups is 1. The maximum absolute atomic E-state index is 13.5. The number of thioether (sulfide) groups is 1. The van der Waals surface area contributed by atoms with Crippen molar-refractivity contribution in [3.8, 4) is 0 Å². The summed E-state index contributed by atoms with van der Waals surface area (Å²) in [6.07, 6.45) is 0. The van der Waals surface area contributed by atoms with Crippen molar-refractivity contribution in [3.63, 3.8) is 0 Å². The number of halogens is 2. The van der Waals surface area contributed by atoms with Crippen LogP contribution in [0.5, 0.6) is 0 Å². The fraction of sp³-hybridized carbons (Fsp3) is 0.182. The van der Waals surface area contributed by atoms with Crippen molar-refractivity contribution in [3.05, 3.63) is 29.0 Å². The summed E-state index contributed by atoms with van der Waals surface area (Å²) in [6.45, 7) is 0. The molecule has 0 atom stereocenters. The van der Waals surface area contributed by atoms with Crippen LogP contribution in [0.1, 0.15) is 0 Å². The van der Waals surface area contributed by atoms with Crippen LogP contribution in [-0.2, 0) is 11.8 Å². The molecule has 0 saturated carbocycles. The third-order valence-corrected chi connectivity index (χ3v) is 3.66. The van der Waals surface area contributed by atoms with Gasteiger partial charge in [0, 0.05) is 12.1 Å². The van der Waals surface area contributed by atoms with Gasteiger partial charge in [0.2, 0.25) is 11.9 Å². The number of hydrogen-bond acceptors (Lipinski definition) is 5. The van der Waals surface area contributed by atoms with Crippen molar-refractivity contribution in [1.82, 2.24) is 14.8 Å². The zero-order valence-corrected chi connectivity index (χ0v) is 12.0. The monoisotopic (exact) mass is 315 g/mol. The van der Waals surface area contributed by atoms with Gasteiger partial charge in [0.25, 0.3) is 0 Å². The molecule has 6 nitrogen and oxygen atoms in total. The highest BCUT2D eigenvalue weighted by atomic mass is 35.5. The second kappa shape index (κ2) is 6.10. The van der Waals surface area contributed by atoms with Gasteiger partial charge in [-0.15, -0.1) is 10.2 Å². The molecular formula is C11H11ClFN5OS. The van der Waals surface area contributed by atoms with E-state index in [1.807, 2.05) is 0 Å². The molecule has 0 bridgehead atoms. The number of carbonyl (C=O) groups excluding carboxylic acids is 1. The van der Waals surface area contributed by atoms with E-state index in [0.717, 1.165) is 17.8 Å². The van der Waals surface area contributed by atoms with Crippen molar-refractivity contribution in [2.24, 2.45) is 7.05 Å². The minimum absolute atomic E-state index is 0.0635. The molecule has 0 aliphatic rings. The lowest BCUT2D eigenvalue weighted by molar-refractivity contribution is -0.113. The Balaban J connectivity index is 1.94. The summed E-state index contributed by atoms with van der Waals surface area (Å²) in [5.41, 5.74) is 5.60. The molecule has 1 amide bonds. The lowest BCUT2D eigenvalue weighted by atomic mass is 10.3. The molecule has 106 valence electrons. The van der Waals surface area contributed by atoms with E-state index in [0.29, 0.717) is 5.16 Å². The van der Waals surface area contributed by atoms with Crippen molar-refractivity contribution in [2.45, 2.75) is 5.16 Å². The second-order valence-corrected chi connectivity index (χ2v) is 5.24. The summed E-state index contributed by atoms with van der Waals surface area (Å²) in [5.74, 6) is -0.623. The van der Waals surface area contributed by atoms with E-state index in [1.165, 1.54) is 12.1 Å². The SMILES string of the molecule is Cn1c(N)nnc1SCC(=O)Nc1ccc(Cl)cc1F. The highest BCUT2D eigenvalue weighted by Crippen LogP contribution is 2.20. The number of amides is 1. The van der Waals surface area contributed by atoms with Gasteiger partial charge in [-0.05, 0) is 18.2 Å². The van der Waals surface area contributed by atoms with Gasteiger partial charge in [0.15, 0.2) is 5.16 Å². The van der Waals surface area contributed by atoms with Gasteiger partial charge in [0.05, 0.1) is 11.4 Å². The van der Waals surface area contributed by atoms with Gasteiger partial charge < -0.3 is 11.1 Å². The van der Waals surface area contributed by atoms with Gasteiger partial charge in [-0.1, -0.05) is 23.4 Å². The standard InChI is InChI=1S/C11H11ClFN5OS/c1-18-10(14)16-17-11(18)20-5-9(19)15-8-3-2-6(12)4-7(8)13/h2-4H,5H2,1H3,(H2,14,16)(H,15,19). The maximum atomic E-state index is 13.5. The van der Waals surface area contributed by atoms with Gasteiger partial charge in [-0.25, -0.2) is 4.39 Å². The first-order valence-corrected chi connectivity index (χ1v) is 6.86. The summed E-state index contributed by atoms with van der Waals surface area (Å²) >= 11 is 6.78. The van der Waals surface area contributed by atoms with Crippen LogP contribution >= 0.6 is 23.4 Å². The van der Waals surface area contributed by atoms with Crippen molar-refractivity contribution in [1.29, 1.82) is 0 Å². The molecule has 0 fully saturated rings. The predicted octanol–water partition coefficient (Wildman–Crippen LogP) is 1.92. The quantitative estimate of drug-likeness (QED) is 0.842. The summed E-state index contributed by atoms with van der Waals surface area (Å²) in [4.78, 5) is 11.7. The second-order valence-electron chi connectivity index (χ2n) is 3.86. The average Bonchev–Trinajstić information content (AvgIpc) is 2.71. The van der Waals surface area contributed by atoms with Crippen LogP contribution in [0.4, 0.5) is 16.0 Å².